The Morgan fingerprint density at radius 1 is 0.967 bits per heavy atom. The molecule has 2 aromatic carbocycles. The smallest absolute Gasteiger partial charge is 0.214 e. The van der Waals surface area contributed by atoms with Gasteiger partial charge in [0.1, 0.15) is 31.9 Å². The van der Waals surface area contributed by atoms with Crippen LogP contribution < -0.4 is 14.5 Å². The van der Waals surface area contributed by atoms with Crippen LogP contribution >= 0.6 is 0 Å². The predicted molar refractivity (Wildman–Crippen MR) is 115 cm³/mol. The molecule has 0 amide bonds. The molecule has 1 aromatic heterocycles. The zero-order valence-corrected chi connectivity index (χ0v) is 17.9. The van der Waals surface area contributed by atoms with Crippen LogP contribution in [0.15, 0.2) is 54.6 Å². The van der Waals surface area contributed by atoms with Crippen LogP contribution in [0.5, 0.6) is 5.75 Å². The first kappa shape index (κ1) is 20.5. The first-order valence-corrected chi connectivity index (χ1v) is 11.0. The molecular formula is C23H32N6O+2. The maximum absolute atomic E-state index is 5.65. The quantitative estimate of drug-likeness (QED) is 0.551. The molecule has 0 spiro atoms. The lowest BCUT2D eigenvalue weighted by Crippen LogP contribution is -3.28. The maximum Gasteiger partial charge on any atom is 0.214 e. The molecule has 7 nitrogen and oxygen atoms in total. The number of aromatic nitrogens is 4. The van der Waals surface area contributed by atoms with Crippen molar-refractivity contribution in [2.45, 2.75) is 26.4 Å². The van der Waals surface area contributed by atoms with Gasteiger partial charge in [-0.15, -0.1) is 5.10 Å². The largest absolute Gasteiger partial charge is 0.494 e. The van der Waals surface area contributed by atoms with E-state index in [-0.39, 0.29) is 6.04 Å². The highest BCUT2D eigenvalue weighted by molar-refractivity contribution is 5.31. The van der Waals surface area contributed by atoms with Gasteiger partial charge in [-0.2, -0.15) is 0 Å². The van der Waals surface area contributed by atoms with Gasteiger partial charge >= 0.3 is 0 Å². The molecular weight excluding hydrogens is 376 g/mol. The van der Waals surface area contributed by atoms with Crippen LogP contribution in [-0.4, -0.2) is 59.5 Å². The summed E-state index contributed by atoms with van der Waals surface area (Å²) in [6.07, 6.45) is 0. The Bertz CT molecular complexity index is 903. The molecule has 1 atom stereocenters. The van der Waals surface area contributed by atoms with Gasteiger partial charge in [0.05, 0.1) is 19.7 Å². The highest BCUT2D eigenvalue weighted by atomic mass is 16.5. The Morgan fingerprint density at radius 3 is 2.37 bits per heavy atom. The minimum atomic E-state index is 0.109. The third-order valence-electron chi connectivity index (χ3n) is 6.02. The summed E-state index contributed by atoms with van der Waals surface area (Å²) in [6.45, 7) is 11.4. The Hall–Kier alpha value is -2.77. The van der Waals surface area contributed by atoms with Crippen molar-refractivity contribution < 1.29 is 14.5 Å². The summed E-state index contributed by atoms with van der Waals surface area (Å²) in [5, 5.41) is 12.9. The molecule has 1 aliphatic heterocycles. The van der Waals surface area contributed by atoms with Crippen molar-refractivity contribution in [2.75, 3.05) is 39.3 Å². The van der Waals surface area contributed by atoms with E-state index in [0.29, 0.717) is 13.2 Å². The first-order chi connectivity index (χ1) is 14.8. The monoisotopic (exact) mass is 408 g/mol. The number of tetrazole rings is 1. The molecule has 0 bridgehead atoms. The summed E-state index contributed by atoms with van der Waals surface area (Å²) in [7, 11) is 0. The van der Waals surface area contributed by atoms with Gasteiger partial charge in [0.2, 0.25) is 5.82 Å². The third kappa shape index (κ3) is 4.68. The fourth-order valence-electron chi connectivity index (χ4n) is 4.34. The van der Waals surface area contributed by atoms with Crippen molar-refractivity contribution in [2.24, 2.45) is 0 Å². The molecule has 1 fully saturated rings. The number of quaternary nitrogens is 2. The summed E-state index contributed by atoms with van der Waals surface area (Å²) < 4.78 is 7.61. The number of nitrogens with one attached hydrogen (secondary N) is 2. The van der Waals surface area contributed by atoms with E-state index in [1.807, 2.05) is 17.7 Å². The van der Waals surface area contributed by atoms with Crippen LogP contribution in [0.25, 0.3) is 0 Å². The van der Waals surface area contributed by atoms with E-state index >= 15 is 0 Å². The number of benzene rings is 2. The number of ether oxygens (including phenoxy) is 1. The molecule has 158 valence electrons. The molecule has 1 aliphatic rings. The third-order valence-corrected chi connectivity index (χ3v) is 6.02. The van der Waals surface area contributed by atoms with E-state index in [2.05, 4.69) is 71.0 Å². The summed E-state index contributed by atoms with van der Waals surface area (Å²) >= 11 is 0. The molecule has 0 unspecified atom stereocenters. The van der Waals surface area contributed by atoms with Crippen LogP contribution in [-0.2, 0) is 6.54 Å². The molecule has 2 heterocycles. The van der Waals surface area contributed by atoms with E-state index in [9.17, 15) is 0 Å². The summed E-state index contributed by atoms with van der Waals surface area (Å²) in [5.74, 6) is 1.83. The van der Waals surface area contributed by atoms with E-state index in [4.69, 9.17) is 4.74 Å². The fraction of sp³-hybridized carbons (Fsp3) is 0.435. The Balaban J connectivity index is 1.65. The molecule has 1 saturated heterocycles. The molecule has 0 saturated carbocycles. The number of hydrogen-bond acceptors (Lipinski definition) is 4. The zero-order chi connectivity index (χ0) is 20.8. The van der Waals surface area contributed by atoms with Gasteiger partial charge in [-0.05, 0) is 54.1 Å². The summed E-state index contributed by atoms with van der Waals surface area (Å²) in [5.41, 5.74) is 2.43. The lowest BCUT2D eigenvalue weighted by molar-refractivity contribution is -1.02. The first-order valence-electron chi connectivity index (χ1n) is 11.0. The van der Waals surface area contributed by atoms with Crippen LogP contribution in [0.2, 0.25) is 0 Å². The second-order valence-corrected chi connectivity index (χ2v) is 7.88. The van der Waals surface area contributed by atoms with Gasteiger partial charge in [-0.1, -0.05) is 30.3 Å². The van der Waals surface area contributed by atoms with E-state index < -0.39 is 0 Å². The summed E-state index contributed by atoms with van der Waals surface area (Å²) in [4.78, 5) is 3.20. The Morgan fingerprint density at radius 2 is 1.70 bits per heavy atom. The number of hydrogen-bond donors (Lipinski definition) is 2. The molecule has 4 rings (SSSR count). The van der Waals surface area contributed by atoms with Crippen molar-refractivity contribution in [3.05, 3.63) is 71.5 Å². The van der Waals surface area contributed by atoms with Crippen molar-refractivity contribution in [3.63, 3.8) is 0 Å². The average Bonchev–Trinajstić information content (AvgIpc) is 3.24. The van der Waals surface area contributed by atoms with E-state index in [1.165, 1.54) is 35.7 Å². The topological polar surface area (TPSA) is 61.7 Å². The zero-order valence-electron chi connectivity index (χ0n) is 17.9. The normalized spacial score (nSPS) is 20.1. The van der Waals surface area contributed by atoms with E-state index in [1.54, 1.807) is 4.90 Å². The second kappa shape index (κ2) is 9.82. The highest BCUT2D eigenvalue weighted by Gasteiger charge is 2.35. The summed E-state index contributed by atoms with van der Waals surface area (Å²) in [6, 6.07) is 19.0. The fourth-order valence-corrected chi connectivity index (χ4v) is 4.34. The lowest BCUT2D eigenvalue weighted by atomic mass is 10.0. The van der Waals surface area contributed by atoms with Gasteiger partial charge in [-0.25, -0.2) is 4.68 Å². The number of nitrogens with zero attached hydrogens (tertiary/aromatic N) is 4. The van der Waals surface area contributed by atoms with Gasteiger partial charge in [-0.3, -0.25) is 0 Å². The number of rotatable bonds is 8. The van der Waals surface area contributed by atoms with Crippen LogP contribution in [0.4, 0.5) is 0 Å². The van der Waals surface area contributed by atoms with Gasteiger partial charge < -0.3 is 14.5 Å². The van der Waals surface area contributed by atoms with Crippen LogP contribution in [0, 0.1) is 0 Å². The molecule has 3 aromatic rings. The van der Waals surface area contributed by atoms with Crippen molar-refractivity contribution in [1.29, 1.82) is 0 Å². The Kier molecular flexibility index (Phi) is 6.71. The maximum atomic E-state index is 5.65. The lowest BCUT2D eigenvalue weighted by Gasteiger charge is -2.33. The standard InChI is InChI=1S/C23H30N6O/c1-3-27-14-16-28(17-15-27)22(20-10-12-21(13-11-20)30-4-2)23-24-25-26-29(23)18-19-8-6-5-7-9-19/h5-13,22H,3-4,14-18H2,1-2H3/p+2/t22-/m1/s1. The van der Waals surface area contributed by atoms with Crippen molar-refractivity contribution >= 4 is 0 Å². The van der Waals surface area contributed by atoms with Crippen molar-refractivity contribution in [1.82, 2.24) is 20.2 Å². The average molecular weight is 409 g/mol. The second-order valence-electron chi connectivity index (χ2n) is 7.88. The highest BCUT2D eigenvalue weighted by Crippen LogP contribution is 2.21. The van der Waals surface area contributed by atoms with Gasteiger partial charge in [0.15, 0.2) is 6.04 Å². The van der Waals surface area contributed by atoms with Gasteiger partial charge in [0.25, 0.3) is 0 Å². The molecule has 7 heteroatoms. The number of piperazine rings is 1. The van der Waals surface area contributed by atoms with Gasteiger partial charge in [0, 0.05) is 5.56 Å². The minimum Gasteiger partial charge on any atom is -0.494 e. The minimum absolute atomic E-state index is 0.109. The van der Waals surface area contributed by atoms with Crippen LogP contribution in [0.3, 0.4) is 0 Å². The molecule has 30 heavy (non-hydrogen) atoms. The number of likely N-dealkylation sites (N-methyl/N-ethyl adjacent to an activating group) is 1. The molecule has 0 radical (unpaired) electrons. The molecule has 0 aliphatic carbocycles. The van der Waals surface area contributed by atoms with Crippen molar-refractivity contribution in [3.8, 4) is 5.75 Å². The SMILES string of the molecule is CCOc1ccc([C@H](c2nnnn2Cc2ccccc2)[NH+]2CC[NH+](CC)CC2)cc1. The molecule has 2 N–H and O–H groups in total. The Labute approximate surface area is 178 Å². The van der Waals surface area contributed by atoms with Crippen LogP contribution in [0.1, 0.15) is 36.8 Å². The predicted octanol–water partition coefficient (Wildman–Crippen LogP) is 0.0128. The van der Waals surface area contributed by atoms with E-state index in [0.717, 1.165) is 24.7 Å².